The second-order valence-electron chi connectivity index (χ2n) is 3.96. The molecular formula is C13H28O3. The molecule has 0 amide bonds. The number of hydrogen-bond acceptors (Lipinski definition) is 3. The van der Waals surface area contributed by atoms with E-state index in [9.17, 15) is 0 Å². The van der Waals surface area contributed by atoms with Crippen molar-refractivity contribution in [2.24, 2.45) is 0 Å². The van der Waals surface area contributed by atoms with Gasteiger partial charge < -0.3 is 14.2 Å². The van der Waals surface area contributed by atoms with Crippen LogP contribution in [0.1, 0.15) is 59.3 Å². The van der Waals surface area contributed by atoms with E-state index < -0.39 is 6.48 Å². The standard InChI is InChI=1S/C13H28O3/c1-4-7-10-14-13(15-11-8-5-2)16-12-9-6-3/h13H,4-12H2,1-3H3. The molecule has 0 aromatic heterocycles. The fourth-order valence-corrected chi connectivity index (χ4v) is 1.12. The summed E-state index contributed by atoms with van der Waals surface area (Å²) in [6.45, 7) is 8.15. The van der Waals surface area contributed by atoms with Gasteiger partial charge in [-0.1, -0.05) is 40.0 Å². The molecule has 0 aliphatic carbocycles. The second-order valence-corrected chi connectivity index (χ2v) is 3.96. The van der Waals surface area contributed by atoms with Gasteiger partial charge in [-0.2, -0.15) is 0 Å². The highest BCUT2D eigenvalue weighted by Gasteiger charge is 2.08. The average Bonchev–Trinajstić information content (AvgIpc) is 2.29. The summed E-state index contributed by atoms with van der Waals surface area (Å²) in [5, 5.41) is 0. The van der Waals surface area contributed by atoms with E-state index >= 15 is 0 Å². The summed E-state index contributed by atoms with van der Waals surface area (Å²) in [4.78, 5) is 0. The highest BCUT2D eigenvalue weighted by Crippen LogP contribution is 2.03. The number of hydrogen-bond donors (Lipinski definition) is 0. The first-order valence-electron chi connectivity index (χ1n) is 6.69. The van der Waals surface area contributed by atoms with E-state index in [1.807, 2.05) is 0 Å². The summed E-state index contributed by atoms with van der Waals surface area (Å²) >= 11 is 0. The third-order valence-electron chi connectivity index (χ3n) is 2.26. The minimum Gasteiger partial charge on any atom is -0.330 e. The quantitative estimate of drug-likeness (QED) is 0.379. The molecule has 0 N–H and O–H groups in total. The monoisotopic (exact) mass is 232 g/mol. The van der Waals surface area contributed by atoms with Crippen molar-refractivity contribution in [3.8, 4) is 0 Å². The molecular weight excluding hydrogens is 204 g/mol. The molecule has 98 valence electrons. The van der Waals surface area contributed by atoms with Crippen molar-refractivity contribution in [1.82, 2.24) is 0 Å². The zero-order valence-corrected chi connectivity index (χ0v) is 11.2. The van der Waals surface area contributed by atoms with Gasteiger partial charge in [0.2, 0.25) is 0 Å². The van der Waals surface area contributed by atoms with Gasteiger partial charge in [-0.3, -0.25) is 0 Å². The van der Waals surface area contributed by atoms with E-state index in [2.05, 4.69) is 20.8 Å². The molecule has 0 aromatic carbocycles. The maximum atomic E-state index is 5.53. The molecule has 3 nitrogen and oxygen atoms in total. The molecule has 16 heavy (non-hydrogen) atoms. The normalized spacial score (nSPS) is 11.2. The van der Waals surface area contributed by atoms with Crippen molar-refractivity contribution in [2.45, 2.75) is 65.8 Å². The molecule has 0 heterocycles. The van der Waals surface area contributed by atoms with Crippen LogP contribution in [0.2, 0.25) is 0 Å². The lowest BCUT2D eigenvalue weighted by Crippen LogP contribution is -2.23. The Bertz CT molecular complexity index is 105. The van der Waals surface area contributed by atoms with Crippen LogP contribution >= 0.6 is 0 Å². The van der Waals surface area contributed by atoms with E-state index in [0.717, 1.165) is 58.3 Å². The van der Waals surface area contributed by atoms with Crippen LogP contribution < -0.4 is 0 Å². The molecule has 0 aliphatic heterocycles. The van der Waals surface area contributed by atoms with Crippen LogP contribution in [0.15, 0.2) is 0 Å². The van der Waals surface area contributed by atoms with E-state index in [4.69, 9.17) is 14.2 Å². The minimum atomic E-state index is -0.454. The van der Waals surface area contributed by atoms with Gasteiger partial charge in [0.05, 0.1) is 19.8 Å². The van der Waals surface area contributed by atoms with Crippen LogP contribution in [0.3, 0.4) is 0 Å². The van der Waals surface area contributed by atoms with Gasteiger partial charge in [0.25, 0.3) is 6.48 Å². The van der Waals surface area contributed by atoms with Crippen molar-refractivity contribution in [3.63, 3.8) is 0 Å². The Morgan fingerprint density at radius 1 is 0.625 bits per heavy atom. The predicted octanol–water partition coefficient (Wildman–Crippen LogP) is 3.72. The molecule has 3 heteroatoms. The molecule has 0 radical (unpaired) electrons. The first-order valence-corrected chi connectivity index (χ1v) is 6.69. The minimum absolute atomic E-state index is 0.454. The zero-order valence-electron chi connectivity index (χ0n) is 11.2. The topological polar surface area (TPSA) is 27.7 Å². The number of rotatable bonds is 12. The summed E-state index contributed by atoms with van der Waals surface area (Å²) in [5.74, 6) is 0. The summed E-state index contributed by atoms with van der Waals surface area (Å²) in [7, 11) is 0. The van der Waals surface area contributed by atoms with Crippen LogP contribution in [0, 0.1) is 0 Å². The van der Waals surface area contributed by atoms with Crippen molar-refractivity contribution in [1.29, 1.82) is 0 Å². The van der Waals surface area contributed by atoms with Gasteiger partial charge in [0, 0.05) is 0 Å². The Kier molecular flexibility index (Phi) is 12.9. The second kappa shape index (κ2) is 12.9. The molecule has 0 aliphatic rings. The van der Waals surface area contributed by atoms with Gasteiger partial charge in [0.15, 0.2) is 0 Å². The van der Waals surface area contributed by atoms with E-state index in [1.54, 1.807) is 0 Å². The zero-order chi connectivity index (χ0) is 12.1. The highest BCUT2D eigenvalue weighted by atomic mass is 16.8. The lowest BCUT2D eigenvalue weighted by atomic mass is 10.4. The fourth-order valence-electron chi connectivity index (χ4n) is 1.12. The first kappa shape index (κ1) is 15.9. The molecule has 0 aromatic rings. The van der Waals surface area contributed by atoms with Crippen LogP contribution in [0.25, 0.3) is 0 Å². The van der Waals surface area contributed by atoms with E-state index in [1.165, 1.54) is 0 Å². The molecule has 0 bridgehead atoms. The van der Waals surface area contributed by atoms with Crippen LogP contribution in [0.5, 0.6) is 0 Å². The Balaban J connectivity index is 3.58. The molecule has 0 unspecified atom stereocenters. The fraction of sp³-hybridized carbons (Fsp3) is 1.00. The van der Waals surface area contributed by atoms with Crippen molar-refractivity contribution < 1.29 is 14.2 Å². The molecule has 0 atom stereocenters. The smallest absolute Gasteiger partial charge is 0.271 e. The van der Waals surface area contributed by atoms with E-state index in [0.29, 0.717) is 0 Å². The lowest BCUT2D eigenvalue weighted by molar-refractivity contribution is -0.288. The summed E-state index contributed by atoms with van der Waals surface area (Å²) in [5.41, 5.74) is 0. The van der Waals surface area contributed by atoms with Gasteiger partial charge in [-0.25, -0.2) is 0 Å². The highest BCUT2D eigenvalue weighted by molar-refractivity contribution is 4.37. The largest absolute Gasteiger partial charge is 0.330 e. The Hall–Kier alpha value is -0.120. The molecule has 0 saturated heterocycles. The molecule has 0 spiro atoms. The molecule has 0 fully saturated rings. The van der Waals surface area contributed by atoms with Crippen molar-refractivity contribution in [3.05, 3.63) is 0 Å². The summed E-state index contributed by atoms with van der Waals surface area (Å²) < 4.78 is 16.6. The Morgan fingerprint density at radius 2 is 0.938 bits per heavy atom. The SMILES string of the molecule is CCCCOC(OCCCC)OCCCC. The number of unbranched alkanes of at least 4 members (excludes halogenated alkanes) is 3. The van der Waals surface area contributed by atoms with Crippen LogP contribution in [-0.4, -0.2) is 26.3 Å². The average molecular weight is 232 g/mol. The van der Waals surface area contributed by atoms with Gasteiger partial charge in [-0.05, 0) is 19.3 Å². The number of ether oxygens (including phenoxy) is 3. The van der Waals surface area contributed by atoms with Crippen LogP contribution in [0.4, 0.5) is 0 Å². The van der Waals surface area contributed by atoms with Gasteiger partial charge in [0.1, 0.15) is 0 Å². The van der Waals surface area contributed by atoms with Crippen LogP contribution in [-0.2, 0) is 14.2 Å². The molecule has 0 rings (SSSR count). The molecule has 0 saturated carbocycles. The predicted molar refractivity (Wildman–Crippen MR) is 66.4 cm³/mol. The van der Waals surface area contributed by atoms with Gasteiger partial charge >= 0.3 is 0 Å². The lowest BCUT2D eigenvalue weighted by Gasteiger charge is -2.18. The van der Waals surface area contributed by atoms with Crippen molar-refractivity contribution in [2.75, 3.05) is 19.8 Å². The third kappa shape index (κ3) is 10.4. The van der Waals surface area contributed by atoms with Crippen molar-refractivity contribution >= 4 is 0 Å². The first-order chi connectivity index (χ1) is 7.85. The summed E-state index contributed by atoms with van der Waals surface area (Å²) in [6.07, 6.45) is 6.59. The van der Waals surface area contributed by atoms with Gasteiger partial charge in [-0.15, -0.1) is 0 Å². The summed E-state index contributed by atoms with van der Waals surface area (Å²) in [6, 6.07) is 0. The maximum Gasteiger partial charge on any atom is 0.271 e. The Labute approximate surface area is 100 Å². The third-order valence-corrected chi connectivity index (χ3v) is 2.26. The Morgan fingerprint density at radius 3 is 1.19 bits per heavy atom. The maximum absolute atomic E-state index is 5.53. The van der Waals surface area contributed by atoms with E-state index in [-0.39, 0.29) is 0 Å².